The Hall–Kier alpha value is -2.90. The third-order valence-corrected chi connectivity index (χ3v) is 3.51. The molecule has 1 heterocycles. The van der Waals surface area contributed by atoms with Crippen molar-refractivity contribution in [3.8, 4) is 5.69 Å². The standard InChI is InChI=1S/C17H21FN4O3/c1-2-5-15-14(21-17(25)19-9-4-8-16(23)24)11-20-22(15)13-7-3-6-12(18)10-13/h3,6-7,10-11H,2,4-5,8-9H2,1H3,(H,23,24)(H2,19,21,25). The molecule has 0 bridgehead atoms. The monoisotopic (exact) mass is 348 g/mol. The van der Waals surface area contributed by atoms with Crippen molar-refractivity contribution in [3.63, 3.8) is 0 Å². The Balaban J connectivity index is 2.08. The number of anilines is 1. The Labute approximate surface area is 144 Å². The maximum absolute atomic E-state index is 13.5. The van der Waals surface area contributed by atoms with E-state index in [1.807, 2.05) is 6.92 Å². The topological polar surface area (TPSA) is 96.2 Å². The minimum atomic E-state index is -0.899. The number of urea groups is 1. The molecule has 0 unspecified atom stereocenters. The van der Waals surface area contributed by atoms with Gasteiger partial charge in [-0.25, -0.2) is 13.9 Å². The van der Waals surface area contributed by atoms with E-state index < -0.39 is 12.0 Å². The van der Waals surface area contributed by atoms with Crippen molar-refractivity contribution in [2.45, 2.75) is 32.6 Å². The van der Waals surface area contributed by atoms with Crippen molar-refractivity contribution in [1.29, 1.82) is 0 Å². The summed E-state index contributed by atoms with van der Waals surface area (Å²) >= 11 is 0. The van der Waals surface area contributed by atoms with E-state index in [1.165, 1.54) is 18.3 Å². The second-order valence-corrected chi connectivity index (χ2v) is 5.52. The van der Waals surface area contributed by atoms with Crippen molar-refractivity contribution in [2.75, 3.05) is 11.9 Å². The molecule has 0 radical (unpaired) electrons. The smallest absolute Gasteiger partial charge is 0.319 e. The molecule has 2 amide bonds. The summed E-state index contributed by atoms with van der Waals surface area (Å²) < 4.78 is 15.1. The fraction of sp³-hybridized carbons (Fsp3) is 0.353. The first-order valence-electron chi connectivity index (χ1n) is 8.10. The number of carbonyl (C=O) groups is 2. The Morgan fingerprint density at radius 1 is 1.36 bits per heavy atom. The van der Waals surface area contributed by atoms with Gasteiger partial charge in [-0.1, -0.05) is 19.4 Å². The molecule has 0 aliphatic rings. The zero-order chi connectivity index (χ0) is 18.2. The molecule has 7 nitrogen and oxygen atoms in total. The van der Waals surface area contributed by atoms with Crippen molar-refractivity contribution < 1.29 is 19.1 Å². The number of carbonyl (C=O) groups excluding carboxylic acids is 1. The first kappa shape index (κ1) is 18.4. The lowest BCUT2D eigenvalue weighted by Crippen LogP contribution is -2.30. The number of carboxylic acids is 1. The number of hydrogen-bond acceptors (Lipinski definition) is 3. The summed E-state index contributed by atoms with van der Waals surface area (Å²) in [5, 5.41) is 18.1. The van der Waals surface area contributed by atoms with Crippen molar-refractivity contribution >= 4 is 17.7 Å². The number of rotatable bonds is 8. The molecule has 0 aliphatic carbocycles. The molecule has 25 heavy (non-hydrogen) atoms. The van der Waals surface area contributed by atoms with Crippen LogP contribution in [0.4, 0.5) is 14.9 Å². The van der Waals surface area contributed by atoms with Crippen LogP contribution in [0.3, 0.4) is 0 Å². The van der Waals surface area contributed by atoms with Gasteiger partial charge in [0.25, 0.3) is 0 Å². The number of hydrogen-bond donors (Lipinski definition) is 3. The van der Waals surface area contributed by atoms with Gasteiger partial charge in [-0.2, -0.15) is 5.10 Å². The van der Waals surface area contributed by atoms with Crippen LogP contribution >= 0.6 is 0 Å². The molecule has 0 saturated heterocycles. The number of amides is 2. The van der Waals surface area contributed by atoms with E-state index in [0.29, 0.717) is 24.2 Å². The zero-order valence-electron chi connectivity index (χ0n) is 14.0. The van der Waals surface area contributed by atoms with Gasteiger partial charge in [-0.15, -0.1) is 0 Å². The summed E-state index contributed by atoms with van der Waals surface area (Å²) in [4.78, 5) is 22.4. The molecule has 0 aliphatic heterocycles. The SMILES string of the molecule is CCCc1c(NC(=O)NCCCC(=O)O)cnn1-c1cccc(F)c1. The Bertz CT molecular complexity index is 745. The summed E-state index contributed by atoms with van der Waals surface area (Å²) in [5.41, 5.74) is 1.90. The second-order valence-electron chi connectivity index (χ2n) is 5.52. The quantitative estimate of drug-likeness (QED) is 0.639. The maximum Gasteiger partial charge on any atom is 0.319 e. The van der Waals surface area contributed by atoms with Crippen LogP contribution in [-0.2, 0) is 11.2 Å². The van der Waals surface area contributed by atoms with Crippen LogP contribution < -0.4 is 10.6 Å². The molecule has 2 rings (SSSR count). The van der Waals surface area contributed by atoms with E-state index in [1.54, 1.807) is 16.8 Å². The van der Waals surface area contributed by atoms with E-state index in [4.69, 9.17) is 5.11 Å². The Morgan fingerprint density at radius 3 is 2.84 bits per heavy atom. The first-order chi connectivity index (χ1) is 12.0. The molecule has 2 aromatic rings. The fourth-order valence-corrected chi connectivity index (χ4v) is 2.39. The lowest BCUT2D eigenvalue weighted by molar-refractivity contribution is -0.137. The van der Waals surface area contributed by atoms with E-state index in [2.05, 4.69) is 15.7 Å². The lowest BCUT2D eigenvalue weighted by Gasteiger charge is -2.10. The third-order valence-electron chi connectivity index (χ3n) is 3.51. The molecule has 0 spiro atoms. The third kappa shape index (κ3) is 5.30. The lowest BCUT2D eigenvalue weighted by atomic mass is 10.2. The number of halogens is 1. The molecular weight excluding hydrogens is 327 g/mol. The molecule has 1 aromatic carbocycles. The predicted octanol–water partition coefficient (Wildman–Crippen LogP) is 2.95. The highest BCUT2D eigenvalue weighted by Gasteiger charge is 2.14. The Morgan fingerprint density at radius 2 is 2.16 bits per heavy atom. The van der Waals surface area contributed by atoms with Crippen LogP contribution in [-0.4, -0.2) is 33.4 Å². The summed E-state index contributed by atoms with van der Waals surface area (Å²) in [7, 11) is 0. The number of aliphatic carboxylic acids is 1. The van der Waals surface area contributed by atoms with Gasteiger partial charge in [0.2, 0.25) is 0 Å². The summed E-state index contributed by atoms with van der Waals surface area (Å²) in [6, 6.07) is 5.65. The van der Waals surface area contributed by atoms with E-state index in [9.17, 15) is 14.0 Å². The molecule has 0 fully saturated rings. The highest BCUT2D eigenvalue weighted by atomic mass is 19.1. The fourth-order valence-electron chi connectivity index (χ4n) is 2.39. The van der Waals surface area contributed by atoms with Gasteiger partial charge in [-0.3, -0.25) is 4.79 Å². The van der Waals surface area contributed by atoms with Gasteiger partial charge < -0.3 is 15.7 Å². The van der Waals surface area contributed by atoms with Crippen LogP contribution in [0.5, 0.6) is 0 Å². The summed E-state index contributed by atoms with van der Waals surface area (Å²) in [6.07, 6.45) is 3.36. The molecule has 3 N–H and O–H groups in total. The number of carboxylic acid groups (broad SMARTS) is 1. The van der Waals surface area contributed by atoms with Gasteiger partial charge in [0, 0.05) is 13.0 Å². The number of nitrogens with zero attached hydrogens (tertiary/aromatic N) is 2. The number of aromatic nitrogens is 2. The Kier molecular flexibility index (Phi) is 6.50. The van der Waals surface area contributed by atoms with Crippen LogP contribution in [0.25, 0.3) is 5.69 Å². The van der Waals surface area contributed by atoms with Crippen molar-refractivity contribution in [2.24, 2.45) is 0 Å². The van der Waals surface area contributed by atoms with E-state index in [0.717, 1.165) is 12.1 Å². The van der Waals surface area contributed by atoms with Crippen LogP contribution in [0, 0.1) is 5.82 Å². The van der Waals surface area contributed by atoms with Gasteiger partial charge in [0.05, 0.1) is 23.3 Å². The van der Waals surface area contributed by atoms with Gasteiger partial charge in [0.1, 0.15) is 5.82 Å². The predicted molar refractivity (Wildman–Crippen MR) is 91.4 cm³/mol. The summed E-state index contributed by atoms with van der Waals surface area (Å²) in [6.45, 7) is 2.26. The van der Waals surface area contributed by atoms with Crippen LogP contribution in [0.1, 0.15) is 31.9 Å². The normalized spacial score (nSPS) is 10.5. The van der Waals surface area contributed by atoms with Crippen LogP contribution in [0.15, 0.2) is 30.5 Å². The molecule has 0 atom stereocenters. The number of benzene rings is 1. The van der Waals surface area contributed by atoms with E-state index >= 15 is 0 Å². The highest BCUT2D eigenvalue weighted by molar-refractivity contribution is 5.89. The first-order valence-corrected chi connectivity index (χ1v) is 8.10. The highest BCUT2D eigenvalue weighted by Crippen LogP contribution is 2.21. The molecule has 0 saturated carbocycles. The summed E-state index contributed by atoms with van der Waals surface area (Å²) in [5.74, 6) is -1.26. The average molecular weight is 348 g/mol. The van der Waals surface area contributed by atoms with Gasteiger partial charge >= 0.3 is 12.0 Å². The minimum Gasteiger partial charge on any atom is -0.481 e. The molecular formula is C17H21FN4O3. The molecule has 1 aromatic heterocycles. The van der Waals surface area contributed by atoms with Crippen LogP contribution in [0.2, 0.25) is 0 Å². The second kappa shape index (κ2) is 8.81. The van der Waals surface area contributed by atoms with Gasteiger partial charge in [-0.05, 0) is 31.0 Å². The van der Waals surface area contributed by atoms with Gasteiger partial charge in [0.15, 0.2) is 0 Å². The molecule has 8 heteroatoms. The molecule has 134 valence electrons. The maximum atomic E-state index is 13.5. The van der Waals surface area contributed by atoms with E-state index in [-0.39, 0.29) is 18.8 Å². The average Bonchev–Trinajstić information content (AvgIpc) is 2.94. The largest absolute Gasteiger partial charge is 0.481 e. The number of nitrogens with one attached hydrogen (secondary N) is 2. The minimum absolute atomic E-state index is 0.00112. The van der Waals surface area contributed by atoms with Crippen molar-refractivity contribution in [1.82, 2.24) is 15.1 Å². The van der Waals surface area contributed by atoms with Crippen molar-refractivity contribution in [3.05, 3.63) is 42.0 Å². The zero-order valence-corrected chi connectivity index (χ0v) is 14.0.